The van der Waals surface area contributed by atoms with E-state index in [-0.39, 0.29) is 0 Å². The summed E-state index contributed by atoms with van der Waals surface area (Å²) in [6.45, 7) is 9.26. The summed E-state index contributed by atoms with van der Waals surface area (Å²) in [5.41, 5.74) is 0.948. The molecule has 4 heteroatoms. The maximum absolute atomic E-state index is 5.28. The summed E-state index contributed by atoms with van der Waals surface area (Å²) < 4.78 is 10.5. The van der Waals surface area contributed by atoms with Gasteiger partial charge in [-0.1, -0.05) is 13.8 Å². The van der Waals surface area contributed by atoms with E-state index in [9.17, 15) is 0 Å². The first-order valence-corrected chi connectivity index (χ1v) is 5.43. The molecule has 1 rings (SSSR count). The van der Waals surface area contributed by atoms with Crippen LogP contribution in [0.25, 0.3) is 0 Å². The molecule has 0 atom stereocenters. The van der Waals surface area contributed by atoms with E-state index in [0.717, 1.165) is 24.5 Å². The molecular formula is C11H20N2O2. The molecule has 86 valence electrons. The van der Waals surface area contributed by atoms with Gasteiger partial charge in [-0.2, -0.15) is 0 Å². The van der Waals surface area contributed by atoms with Gasteiger partial charge >= 0.3 is 0 Å². The lowest BCUT2D eigenvalue weighted by atomic mass is 10.2. The van der Waals surface area contributed by atoms with Crippen molar-refractivity contribution < 1.29 is 9.15 Å². The largest absolute Gasteiger partial charge is 0.446 e. The zero-order chi connectivity index (χ0) is 11.1. The molecule has 0 spiro atoms. The van der Waals surface area contributed by atoms with E-state index in [1.165, 1.54) is 6.39 Å². The molecule has 0 radical (unpaired) electrons. The van der Waals surface area contributed by atoms with Crippen LogP contribution in [0.3, 0.4) is 0 Å². The SMILES string of the molecule is CCOCc1ocnc1CNCC(C)C. The van der Waals surface area contributed by atoms with Crippen LogP contribution >= 0.6 is 0 Å². The van der Waals surface area contributed by atoms with Crippen LogP contribution in [0.4, 0.5) is 0 Å². The molecule has 0 unspecified atom stereocenters. The molecule has 15 heavy (non-hydrogen) atoms. The minimum absolute atomic E-state index is 0.509. The van der Waals surface area contributed by atoms with Crippen LogP contribution in [0.5, 0.6) is 0 Å². The maximum Gasteiger partial charge on any atom is 0.181 e. The summed E-state index contributed by atoms with van der Waals surface area (Å²) in [5.74, 6) is 1.47. The molecule has 0 amide bonds. The number of hydrogen-bond acceptors (Lipinski definition) is 4. The number of nitrogens with zero attached hydrogens (tertiary/aromatic N) is 1. The number of oxazole rings is 1. The molecule has 1 N–H and O–H groups in total. The summed E-state index contributed by atoms with van der Waals surface area (Å²) in [6, 6.07) is 0. The standard InChI is InChI=1S/C11H20N2O2/c1-4-14-7-11-10(13-8-15-11)6-12-5-9(2)3/h8-9,12H,4-7H2,1-3H3. The minimum Gasteiger partial charge on any atom is -0.446 e. The summed E-state index contributed by atoms with van der Waals surface area (Å²) in [5, 5.41) is 3.33. The van der Waals surface area contributed by atoms with Crippen LogP contribution in [0.1, 0.15) is 32.2 Å². The first-order valence-electron chi connectivity index (χ1n) is 5.43. The number of hydrogen-bond donors (Lipinski definition) is 1. The molecule has 1 aromatic heterocycles. The first kappa shape index (κ1) is 12.2. The average Bonchev–Trinajstić information content (AvgIpc) is 2.62. The molecule has 0 aliphatic heterocycles. The summed E-state index contributed by atoms with van der Waals surface area (Å²) in [6.07, 6.45) is 1.47. The minimum atomic E-state index is 0.509. The third kappa shape index (κ3) is 4.44. The van der Waals surface area contributed by atoms with Gasteiger partial charge in [0.15, 0.2) is 12.2 Å². The lowest BCUT2D eigenvalue weighted by Gasteiger charge is -2.06. The highest BCUT2D eigenvalue weighted by atomic mass is 16.5. The molecule has 1 aromatic rings. The number of ether oxygens (including phenoxy) is 1. The van der Waals surface area contributed by atoms with E-state index < -0.39 is 0 Å². The van der Waals surface area contributed by atoms with Crippen molar-refractivity contribution in [3.8, 4) is 0 Å². The van der Waals surface area contributed by atoms with Crippen LogP contribution in [-0.4, -0.2) is 18.1 Å². The fraction of sp³-hybridized carbons (Fsp3) is 0.727. The summed E-state index contributed by atoms with van der Waals surface area (Å²) in [4.78, 5) is 4.16. The van der Waals surface area contributed by atoms with Crippen molar-refractivity contribution in [1.29, 1.82) is 0 Å². The molecular weight excluding hydrogens is 192 g/mol. The Labute approximate surface area is 91.0 Å². The van der Waals surface area contributed by atoms with E-state index in [0.29, 0.717) is 19.1 Å². The second kappa shape index (κ2) is 6.58. The van der Waals surface area contributed by atoms with Gasteiger partial charge in [-0.25, -0.2) is 4.98 Å². The third-order valence-corrected chi connectivity index (χ3v) is 2.01. The van der Waals surface area contributed by atoms with Gasteiger partial charge in [0.1, 0.15) is 6.61 Å². The van der Waals surface area contributed by atoms with E-state index >= 15 is 0 Å². The molecule has 0 aliphatic carbocycles. The van der Waals surface area contributed by atoms with Crippen molar-refractivity contribution in [2.45, 2.75) is 33.9 Å². The smallest absolute Gasteiger partial charge is 0.181 e. The van der Waals surface area contributed by atoms with Gasteiger partial charge in [0.05, 0.1) is 5.69 Å². The predicted molar refractivity (Wildman–Crippen MR) is 58.4 cm³/mol. The number of nitrogens with one attached hydrogen (secondary N) is 1. The van der Waals surface area contributed by atoms with Crippen molar-refractivity contribution in [2.24, 2.45) is 5.92 Å². The lowest BCUT2D eigenvalue weighted by molar-refractivity contribution is 0.117. The van der Waals surface area contributed by atoms with Gasteiger partial charge in [0, 0.05) is 13.2 Å². The average molecular weight is 212 g/mol. The highest BCUT2D eigenvalue weighted by molar-refractivity contribution is 5.05. The maximum atomic E-state index is 5.28. The van der Waals surface area contributed by atoms with Gasteiger partial charge < -0.3 is 14.5 Å². The van der Waals surface area contributed by atoms with E-state index in [4.69, 9.17) is 9.15 Å². The van der Waals surface area contributed by atoms with Crippen LogP contribution in [0, 0.1) is 5.92 Å². The van der Waals surface area contributed by atoms with Crippen LogP contribution in [-0.2, 0) is 17.9 Å². The zero-order valence-electron chi connectivity index (χ0n) is 9.75. The second-order valence-electron chi connectivity index (χ2n) is 3.88. The topological polar surface area (TPSA) is 47.3 Å². The van der Waals surface area contributed by atoms with E-state index in [1.807, 2.05) is 6.92 Å². The molecule has 1 heterocycles. The van der Waals surface area contributed by atoms with Crippen LogP contribution in [0.2, 0.25) is 0 Å². The molecule has 0 saturated heterocycles. The monoisotopic (exact) mass is 212 g/mol. The Morgan fingerprint density at radius 3 is 3.00 bits per heavy atom. The molecule has 0 saturated carbocycles. The van der Waals surface area contributed by atoms with Gasteiger partial charge in [-0.05, 0) is 19.4 Å². The quantitative estimate of drug-likeness (QED) is 0.750. The van der Waals surface area contributed by atoms with Crippen molar-refractivity contribution in [1.82, 2.24) is 10.3 Å². The molecule has 0 bridgehead atoms. The first-order chi connectivity index (χ1) is 7.24. The van der Waals surface area contributed by atoms with Crippen molar-refractivity contribution in [2.75, 3.05) is 13.2 Å². The summed E-state index contributed by atoms with van der Waals surface area (Å²) >= 11 is 0. The fourth-order valence-corrected chi connectivity index (χ4v) is 1.23. The van der Waals surface area contributed by atoms with Crippen LogP contribution in [0.15, 0.2) is 10.8 Å². The van der Waals surface area contributed by atoms with Gasteiger partial charge in [-0.15, -0.1) is 0 Å². The van der Waals surface area contributed by atoms with Crippen molar-refractivity contribution in [3.05, 3.63) is 17.8 Å². The van der Waals surface area contributed by atoms with E-state index in [1.54, 1.807) is 0 Å². The Hall–Kier alpha value is -0.870. The molecule has 4 nitrogen and oxygen atoms in total. The normalized spacial score (nSPS) is 11.2. The van der Waals surface area contributed by atoms with Crippen LogP contribution < -0.4 is 5.32 Å². The highest BCUT2D eigenvalue weighted by Gasteiger charge is 2.07. The lowest BCUT2D eigenvalue weighted by Crippen LogP contribution is -2.19. The third-order valence-electron chi connectivity index (χ3n) is 2.01. The van der Waals surface area contributed by atoms with Crippen molar-refractivity contribution >= 4 is 0 Å². The summed E-state index contributed by atoms with van der Waals surface area (Å²) in [7, 11) is 0. The van der Waals surface area contributed by atoms with Gasteiger partial charge in [0.2, 0.25) is 0 Å². The Bertz CT molecular complexity index is 271. The molecule has 0 fully saturated rings. The molecule has 0 aliphatic rings. The van der Waals surface area contributed by atoms with E-state index in [2.05, 4.69) is 24.1 Å². The Balaban J connectivity index is 2.35. The van der Waals surface area contributed by atoms with Gasteiger partial charge in [0.25, 0.3) is 0 Å². The Morgan fingerprint density at radius 2 is 2.33 bits per heavy atom. The second-order valence-corrected chi connectivity index (χ2v) is 3.88. The van der Waals surface area contributed by atoms with Gasteiger partial charge in [-0.3, -0.25) is 0 Å². The highest BCUT2D eigenvalue weighted by Crippen LogP contribution is 2.08. The number of aromatic nitrogens is 1. The predicted octanol–water partition coefficient (Wildman–Crippen LogP) is 1.96. The Morgan fingerprint density at radius 1 is 1.53 bits per heavy atom. The zero-order valence-corrected chi connectivity index (χ0v) is 9.75. The Kier molecular flexibility index (Phi) is 5.36. The molecule has 0 aromatic carbocycles. The fourth-order valence-electron chi connectivity index (χ4n) is 1.23. The van der Waals surface area contributed by atoms with Crippen molar-refractivity contribution in [3.63, 3.8) is 0 Å². The number of rotatable bonds is 7.